The van der Waals surface area contributed by atoms with Crippen molar-refractivity contribution in [1.82, 2.24) is 0 Å². The first-order valence-corrected chi connectivity index (χ1v) is 6.83. The van der Waals surface area contributed by atoms with Gasteiger partial charge in [0.2, 0.25) is 0 Å². The van der Waals surface area contributed by atoms with Gasteiger partial charge in [-0.1, -0.05) is 0 Å². The van der Waals surface area contributed by atoms with Gasteiger partial charge in [0.15, 0.2) is 0 Å². The summed E-state index contributed by atoms with van der Waals surface area (Å²) in [6.45, 7) is 0. The number of phosphoric acid groups is 3. The van der Waals surface area contributed by atoms with Gasteiger partial charge in [0.1, 0.15) is 0 Å². The molecule has 20 nitrogen and oxygen atoms in total. The SMILES string of the molecule is O.O.O.O.O.O.O.O.O.O.O=P(O)(O)OP(=O)(O)OP(=O)(O)O. The number of hydrogen-bond donors (Lipinski definition) is 5. The lowest BCUT2D eigenvalue weighted by molar-refractivity contribution is 0.204. The smallest absolute Gasteiger partial charge is 0.412 e. The van der Waals surface area contributed by atoms with E-state index in [0.29, 0.717) is 0 Å². The van der Waals surface area contributed by atoms with Crippen molar-refractivity contribution in [2.75, 3.05) is 0 Å². The molecule has 0 aromatic heterocycles. The third-order valence-electron chi connectivity index (χ3n) is 0.419. The topological polar surface area (TPSA) is 486 Å². The Balaban J connectivity index is -0.0000000160. The van der Waals surface area contributed by atoms with Crippen LogP contribution in [0.5, 0.6) is 0 Å². The normalized spacial score (nSPS) is 8.22. The Bertz CT molecular complexity index is 275. The molecule has 0 aliphatic carbocycles. The highest BCUT2D eigenvalue weighted by Gasteiger charge is 2.38. The van der Waals surface area contributed by atoms with Crippen molar-refractivity contribution in [3.8, 4) is 0 Å². The van der Waals surface area contributed by atoms with E-state index < -0.39 is 23.5 Å². The van der Waals surface area contributed by atoms with Gasteiger partial charge in [-0.05, 0) is 0 Å². The van der Waals surface area contributed by atoms with Gasteiger partial charge in [-0.2, -0.15) is 8.62 Å². The van der Waals surface area contributed by atoms with E-state index in [0.717, 1.165) is 0 Å². The van der Waals surface area contributed by atoms with Crippen molar-refractivity contribution >= 4 is 23.5 Å². The summed E-state index contributed by atoms with van der Waals surface area (Å²) in [7, 11) is -16.2. The molecule has 0 amide bonds. The number of hydrogen-bond acceptors (Lipinski definition) is 5. The maximum Gasteiger partial charge on any atom is 0.490 e. The predicted octanol–water partition coefficient (Wildman–Crippen LogP) is -8.94. The summed E-state index contributed by atoms with van der Waals surface area (Å²) in [5, 5.41) is 0. The van der Waals surface area contributed by atoms with Crippen LogP contribution >= 0.6 is 23.5 Å². The van der Waals surface area contributed by atoms with Gasteiger partial charge in [-0.3, -0.25) is 0 Å². The van der Waals surface area contributed by atoms with Crippen molar-refractivity contribution in [2.24, 2.45) is 0 Å². The average molecular weight is 438 g/mol. The van der Waals surface area contributed by atoms with Crippen LogP contribution in [0.2, 0.25) is 0 Å². The number of rotatable bonds is 4. The minimum atomic E-state index is -5.46. The lowest BCUT2D eigenvalue weighted by atomic mass is 15.7. The molecule has 0 heterocycles. The highest BCUT2D eigenvalue weighted by Crippen LogP contribution is 2.64. The maximum absolute atomic E-state index is 10.4. The fourth-order valence-corrected chi connectivity index (χ4v) is 2.82. The monoisotopic (exact) mass is 438 g/mol. The van der Waals surface area contributed by atoms with Gasteiger partial charge in [0, 0.05) is 0 Å². The molecule has 0 fully saturated rings. The quantitative estimate of drug-likeness (QED) is 0.258. The fourth-order valence-electron chi connectivity index (χ4n) is 0.284. The van der Waals surface area contributed by atoms with Crippen LogP contribution in [-0.4, -0.2) is 79.2 Å². The zero-order valence-corrected chi connectivity index (χ0v) is 13.3. The molecule has 0 aliphatic rings. The minimum absolute atomic E-state index is 0. The van der Waals surface area contributed by atoms with E-state index >= 15 is 0 Å². The van der Waals surface area contributed by atoms with E-state index in [1.165, 1.54) is 0 Å². The molecule has 160 valence electrons. The molecule has 23 heteroatoms. The van der Waals surface area contributed by atoms with Crippen LogP contribution in [0, 0.1) is 0 Å². The van der Waals surface area contributed by atoms with Gasteiger partial charge in [-0.25, -0.2) is 13.7 Å². The molecule has 0 unspecified atom stereocenters. The molecule has 0 rings (SSSR count). The fraction of sp³-hybridized carbons (Fsp3) is 0. The van der Waals surface area contributed by atoms with E-state index in [2.05, 4.69) is 8.62 Å². The maximum atomic E-state index is 10.4. The van der Waals surface area contributed by atoms with Gasteiger partial charge < -0.3 is 79.2 Å². The van der Waals surface area contributed by atoms with Crippen molar-refractivity contribution in [2.45, 2.75) is 0 Å². The van der Waals surface area contributed by atoms with E-state index in [9.17, 15) is 13.7 Å². The van der Waals surface area contributed by atoms with Crippen LogP contribution in [-0.2, 0) is 22.3 Å². The lowest BCUT2D eigenvalue weighted by Gasteiger charge is -2.11. The Hall–Kier alpha value is 0.01000. The van der Waals surface area contributed by atoms with Gasteiger partial charge in [0.25, 0.3) is 0 Å². The van der Waals surface area contributed by atoms with E-state index in [-0.39, 0.29) is 54.8 Å². The van der Waals surface area contributed by atoms with Crippen LogP contribution in [0.1, 0.15) is 0 Å². The molecule has 0 aliphatic heterocycles. The van der Waals surface area contributed by atoms with Crippen LogP contribution in [0.3, 0.4) is 0 Å². The lowest BCUT2D eigenvalue weighted by Crippen LogP contribution is -1.91. The van der Waals surface area contributed by atoms with Crippen LogP contribution in [0.4, 0.5) is 0 Å². The summed E-state index contributed by atoms with van der Waals surface area (Å²) >= 11 is 0. The second kappa shape index (κ2) is 24.3. The molecule has 0 radical (unpaired) electrons. The first-order valence-electron chi connectivity index (χ1n) is 2.28. The van der Waals surface area contributed by atoms with Crippen molar-refractivity contribution < 1.29 is 102 Å². The van der Waals surface area contributed by atoms with Gasteiger partial charge >= 0.3 is 23.5 Å². The predicted molar refractivity (Wildman–Crippen MR) is 72.2 cm³/mol. The van der Waals surface area contributed by atoms with E-state index in [1.807, 2.05) is 0 Å². The zero-order chi connectivity index (χ0) is 10.9. The Morgan fingerprint density at radius 2 is 0.565 bits per heavy atom. The molecule has 0 spiro atoms. The Labute approximate surface area is 126 Å². The highest BCUT2D eigenvalue weighted by atomic mass is 31.3. The Morgan fingerprint density at radius 1 is 0.435 bits per heavy atom. The summed E-state index contributed by atoms with van der Waals surface area (Å²) < 4.78 is 36.4. The summed E-state index contributed by atoms with van der Waals surface area (Å²) in [6, 6.07) is 0. The van der Waals surface area contributed by atoms with E-state index in [4.69, 9.17) is 24.5 Å². The molecule has 0 saturated heterocycles. The Kier molecular flexibility index (Phi) is 81.5. The van der Waals surface area contributed by atoms with Crippen LogP contribution in [0.25, 0.3) is 0 Å². The molecular weight excluding hydrogens is 413 g/mol. The first-order chi connectivity index (χ1) is 5.41. The van der Waals surface area contributed by atoms with Crippen LogP contribution < -0.4 is 0 Å². The highest BCUT2D eigenvalue weighted by molar-refractivity contribution is 7.66. The third-order valence-corrected chi connectivity index (χ3v) is 3.77. The average Bonchev–Trinajstić information content (AvgIpc) is 1.43. The van der Waals surface area contributed by atoms with Crippen molar-refractivity contribution in [1.29, 1.82) is 0 Å². The van der Waals surface area contributed by atoms with Gasteiger partial charge in [-0.15, -0.1) is 0 Å². The van der Waals surface area contributed by atoms with Crippen molar-refractivity contribution in [3.05, 3.63) is 0 Å². The summed E-state index contributed by atoms with van der Waals surface area (Å²) in [5.74, 6) is 0. The van der Waals surface area contributed by atoms with E-state index in [1.54, 1.807) is 0 Å². The Morgan fingerprint density at radius 3 is 0.652 bits per heavy atom. The molecular formula is H25O20P3. The molecule has 0 aromatic carbocycles. The molecule has 0 saturated carbocycles. The largest absolute Gasteiger partial charge is 0.490 e. The molecule has 23 heavy (non-hydrogen) atoms. The third kappa shape index (κ3) is 61.1. The summed E-state index contributed by atoms with van der Waals surface area (Å²) in [4.78, 5) is 40.2. The zero-order valence-electron chi connectivity index (χ0n) is 10.6. The first kappa shape index (κ1) is 77.3. The minimum Gasteiger partial charge on any atom is -0.412 e. The molecule has 0 aromatic rings. The molecule has 0 bridgehead atoms. The second-order valence-electron chi connectivity index (χ2n) is 1.61. The van der Waals surface area contributed by atoms with Crippen molar-refractivity contribution in [3.63, 3.8) is 0 Å². The molecule has 25 N–H and O–H groups in total. The second-order valence-corrected chi connectivity index (χ2v) is 5.82. The van der Waals surface area contributed by atoms with Gasteiger partial charge in [0.05, 0.1) is 0 Å². The summed E-state index contributed by atoms with van der Waals surface area (Å²) in [6.07, 6.45) is 0. The summed E-state index contributed by atoms with van der Waals surface area (Å²) in [5.41, 5.74) is 0. The standard InChI is InChI=1S/H5O10P3.10H2O/c1-11(2,3)9-13(7,8)10-12(4,5)6;;;;;;;;;;/h(H,7,8)(H2,1,2,3)(H2,4,5,6);10*1H2. The van der Waals surface area contributed by atoms with Crippen LogP contribution in [0.15, 0.2) is 0 Å². The molecule has 0 atom stereocenters.